The fourth-order valence-electron chi connectivity index (χ4n) is 2.86. The first-order valence-corrected chi connectivity index (χ1v) is 7.95. The van der Waals surface area contributed by atoms with Gasteiger partial charge >= 0.3 is 0 Å². The van der Waals surface area contributed by atoms with Crippen LogP contribution in [-0.4, -0.2) is 4.98 Å². The second-order valence-electron chi connectivity index (χ2n) is 5.47. The summed E-state index contributed by atoms with van der Waals surface area (Å²) < 4.78 is 0. The number of aromatic nitrogens is 1. The standard InChI is InChI=1S/C20H15ClN2/c21-17-10-4-1-7-14(17)13-22-20-15-8-2-5-11-18(15)23-19-12-6-3-9-16(19)20/h1-12H,13H2,(H,22,23). The third-order valence-corrected chi connectivity index (χ3v) is 4.37. The van der Waals surface area contributed by atoms with Crippen LogP contribution >= 0.6 is 11.6 Å². The molecule has 0 saturated carbocycles. The lowest BCUT2D eigenvalue weighted by molar-refractivity contribution is 1.16. The molecule has 0 aliphatic carbocycles. The van der Waals surface area contributed by atoms with Gasteiger partial charge in [0, 0.05) is 22.3 Å². The van der Waals surface area contributed by atoms with Crippen LogP contribution in [0.5, 0.6) is 0 Å². The molecular formula is C20H15ClN2. The SMILES string of the molecule is Clc1ccccc1CNc1c2ccccc2nc2ccccc12. The van der Waals surface area contributed by atoms with Crippen LogP contribution in [0.1, 0.15) is 5.56 Å². The van der Waals surface area contributed by atoms with Gasteiger partial charge in [0.15, 0.2) is 0 Å². The van der Waals surface area contributed by atoms with E-state index >= 15 is 0 Å². The van der Waals surface area contributed by atoms with Crippen molar-refractivity contribution in [2.45, 2.75) is 6.54 Å². The monoisotopic (exact) mass is 318 g/mol. The summed E-state index contributed by atoms with van der Waals surface area (Å²) in [6, 6.07) is 24.3. The third kappa shape index (κ3) is 2.62. The van der Waals surface area contributed by atoms with Crippen LogP contribution in [-0.2, 0) is 6.54 Å². The summed E-state index contributed by atoms with van der Waals surface area (Å²) in [5, 5.41) is 6.59. The Hall–Kier alpha value is -2.58. The molecule has 0 amide bonds. The smallest absolute Gasteiger partial charge is 0.0730 e. The molecule has 1 N–H and O–H groups in total. The molecular weight excluding hydrogens is 304 g/mol. The molecule has 23 heavy (non-hydrogen) atoms. The molecule has 0 atom stereocenters. The fourth-order valence-corrected chi connectivity index (χ4v) is 3.06. The Bertz CT molecular complexity index is 941. The number of rotatable bonds is 3. The average Bonchev–Trinajstić information content (AvgIpc) is 2.60. The van der Waals surface area contributed by atoms with Gasteiger partial charge in [-0.2, -0.15) is 0 Å². The molecule has 0 aliphatic rings. The van der Waals surface area contributed by atoms with Crippen molar-refractivity contribution in [1.29, 1.82) is 0 Å². The van der Waals surface area contributed by atoms with Gasteiger partial charge in [-0.05, 0) is 23.8 Å². The lowest BCUT2D eigenvalue weighted by atomic mass is 10.1. The molecule has 0 radical (unpaired) electrons. The number of nitrogens with zero attached hydrogens (tertiary/aromatic N) is 1. The molecule has 1 aromatic heterocycles. The van der Waals surface area contributed by atoms with Crippen molar-refractivity contribution in [3.63, 3.8) is 0 Å². The van der Waals surface area contributed by atoms with Crippen LogP contribution in [0, 0.1) is 0 Å². The van der Waals surface area contributed by atoms with Gasteiger partial charge in [0.05, 0.1) is 16.7 Å². The van der Waals surface area contributed by atoms with E-state index in [0.717, 1.165) is 38.1 Å². The van der Waals surface area contributed by atoms with Gasteiger partial charge in [-0.25, -0.2) is 4.98 Å². The first kappa shape index (κ1) is 14.0. The molecule has 4 rings (SSSR count). The first-order valence-electron chi connectivity index (χ1n) is 7.58. The number of halogens is 1. The van der Waals surface area contributed by atoms with E-state index in [-0.39, 0.29) is 0 Å². The molecule has 1 heterocycles. The minimum Gasteiger partial charge on any atom is -0.380 e. The van der Waals surface area contributed by atoms with Crippen molar-refractivity contribution in [2.24, 2.45) is 0 Å². The molecule has 0 aliphatic heterocycles. The van der Waals surface area contributed by atoms with E-state index in [4.69, 9.17) is 16.6 Å². The van der Waals surface area contributed by atoms with Crippen LogP contribution in [0.4, 0.5) is 5.69 Å². The highest BCUT2D eigenvalue weighted by atomic mass is 35.5. The highest BCUT2D eigenvalue weighted by molar-refractivity contribution is 6.31. The van der Waals surface area contributed by atoms with Gasteiger partial charge in [-0.15, -0.1) is 0 Å². The van der Waals surface area contributed by atoms with Crippen LogP contribution in [0.25, 0.3) is 21.8 Å². The Morgan fingerprint density at radius 2 is 1.30 bits per heavy atom. The zero-order chi connectivity index (χ0) is 15.6. The van der Waals surface area contributed by atoms with Crippen molar-refractivity contribution in [3.8, 4) is 0 Å². The molecule has 2 nitrogen and oxygen atoms in total. The summed E-state index contributed by atoms with van der Waals surface area (Å²) in [7, 11) is 0. The van der Waals surface area contributed by atoms with Crippen molar-refractivity contribution in [3.05, 3.63) is 83.4 Å². The molecule has 112 valence electrons. The number of pyridine rings is 1. The second kappa shape index (κ2) is 5.90. The summed E-state index contributed by atoms with van der Waals surface area (Å²) >= 11 is 6.27. The Balaban J connectivity index is 1.84. The predicted molar refractivity (Wildman–Crippen MR) is 98.0 cm³/mol. The number of anilines is 1. The number of para-hydroxylation sites is 2. The summed E-state index contributed by atoms with van der Waals surface area (Å²) in [5.41, 5.74) is 4.17. The quantitative estimate of drug-likeness (QED) is 0.493. The van der Waals surface area contributed by atoms with Crippen molar-refractivity contribution >= 4 is 39.1 Å². The topological polar surface area (TPSA) is 24.9 Å². The maximum atomic E-state index is 6.27. The van der Waals surface area contributed by atoms with Crippen molar-refractivity contribution in [1.82, 2.24) is 4.98 Å². The average molecular weight is 319 g/mol. The van der Waals surface area contributed by atoms with Crippen LogP contribution in [0.2, 0.25) is 5.02 Å². The van der Waals surface area contributed by atoms with E-state index in [1.54, 1.807) is 0 Å². The maximum absolute atomic E-state index is 6.27. The molecule has 0 bridgehead atoms. The first-order chi connectivity index (χ1) is 11.3. The number of nitrogens with one attached hydrogen (secondary N) is 1. The van der Waals surface area contributed by atoms with Crippen LogP contribution < -0.4 is 5.32 Å². The minimum absolute atomic E-state index is 0.678. The van der Waals surface area contributed by atoms with E-state index in [9.17, 15) is 0 Å². The van der Waals surface area contributed by atoms with E-state index in [1.165, 1.54) is 0 Å². The molecule has 4 aromatic rings. The Labute approximate surface area is 139 Å². The summed E-state index contributed by atoms with van der Waals surface area (Å²) in [6.45, 7) is 0.678. The summed E-state index contributed by atoms with van der Waals surface area (Å²) in [5.74, 6) is 0. The van der Waals surface area contributed by atoms with E-state index in [1.807, 2.05) is 60.7 Å². The maximum Gasteiger partial charge on any atom is 0.0730 e. The molecule has 0 saturated heterocycles. The highest BCUT2D eigenvalue weighted by Crippen LogP contribution is 2.31. The lowest BCUT2D eigenvalue weighted by Crippen LogP contribution is -2.02. The van der Waals surface area contributed by atoms with Gasteiger partial charge in [0.2, 0.25) is 0 Å². The number of fused-ring (bicyclic) bond motifs is 2. The van der Waals surface area contributed by atoms with Gasteiger partial charge in [-0.3, -0.25) is 0 Å². The number of hydrogen-bond donors (Lipinski definition) is 1. The molecule has 3 heteroatoms. The van der Waals surface area contributed by atoms with Gasteiger partial charge in [0.25, 0.3) is 0 Å². The van der Waals surface area contributed by atoms with Crippen molar-refractivity contribution < 1.29 is 0 Å². The van der Waals surface area contributed by atoms with E-state index < -0.39 is 0 Å². The lowest BCUT2D eigenvalue weighted by Gasteiger charge is -2.14. The Morgan fingerprint density at radius 3 is 1.96 bits per heavy atom. The molecule has 3 aromatic carbocycles. The largest absolute Gasteiger partial charge is 0.380 e. The molecule has 0 fully saturated rings. The zero-order valence-corrected chi connectivity index (χ0v) is 13.2. The van der Waals surface area contributed by atoms with Crippen LogP contribution in [0.3, 0.4) is 0 Å². The number of hydrogen-bond acceptors (Lipinski definition) is 2. The number of benzene rings is 3. The minimum atomic E-state index is 0.678. The zero-order valence-electron chi connectivity index (χ0n) is 12.5. The van der Waals surface area contributed by atoms with Gasteiger partial charge in [-0.1, -0.05) is 66.2 Å². The summed E-state index contributed by atoms with van der Waals surface area (Å²) in [4.78, 5) is 4.74. The Morgan fingerprint density at radius 1 is 0.739 bits per heavy atom. The highest BCUT2D eigenvalue weighted by Gasteiger charge is 2.08. The van der Waals surface area contributed by atoms with E-state index in [0.29, 0.717) is 6.54 Å². The predicted octanol–water partition coefficient (Wildman–Crippen LogP) is 5.65. The summed E-state index contributed by atoms with van der Waals surface area (Å²) in [6.07, 6.45) is 0. The molecule has 0 unspecified atom stereocenters. The fraction of sp³-hybridized carbons (Fsp3) is 0.0500. The van der Waals surface area contributed by atoms with Crippen LogP contribution in [0.15, 0.2) is 72.8 Å². The van der Waals surface area contributed by atoms with Gasteiger partial charge < -0.3 is 5.32 Å². The third-order valence-electron chi connectivity index (χ3n) is 4.00. The normalized spacial score (nSPS) is 11.0. The molecule has 0 spiro atoms. The second-order valence-corrected chi connectivity index (χ2v) is 5.87. The Kier molecular flexibility index (Phi) is 3.60. The van der Waals surface area contributed by atoms with Gasteiger partial charge in [0.1, 0.15) is 0 Å². The van der Waals surface area contributed by atoms with Crippen molar-refractivity contribution in [2.75, 3.05) is 5.32 Å². The van der Waals surface area contributed by atoms with E-state index in [2.05, 4.69) is 17.4 Å².